The summed E-state index contributed by atoms with van der Waals surface area (Å²) in [6, 6.07) is 9.77. The highest BCUT2D eigenvalue weighted by atomic mass is 16.5. The van der Waals surface area contributed by atoms with Crippen molar-refractivity contribution in [2.45, 2.75) is 19.3 Å². The van der Waals surface area contributed by atoms with Gasteiger partial charge in [0.25, 0.3) is 11.8 Å². The molecule has 0 unspecified atom stereocenters. The molecule has 0 aromatic heterocycles. The number of alkyl carbamates (subject to hydrolysis) is 1. The van der Waals surface area contributed by atoms with Crippen LogP contribution in [0, 0.1) is 0 Å². The summed E-state index contributed by atoms with van der Waals surface area (Å²) in [5, 5.41) is 2.67. The van der Waals surface area contributed by atoms with Crippen LogP contribution in [0.15, 0.2) is 48.6 Å². The van der Waals surface area contributed by atoms with Crippen LogP contribution >= 0.6 is 0 Å². The molecule has 0 radical (unpaired) electrons. The first-order valence-electron chi connectivity index (χ1n) is 8.32. The summed E-state index contributed by atoms with van der Waals surface area (Å²) in [6.45, 7) is 1.13. The molecule has 0 bridgehead atoms. The van der Waals surface area contributed by atoms with Gasteiger partial charge in [-0.1, -0.05) is 36.4 Å². The van der Waals surface area contributed by atoms with Crippen LogP contribution in [0.3, 0.4) is 0 Å². The average molecular weight is 342 g/mol. The molecule has 6 nitrogen and oxygen atoms in total. The normalized spacial score (nSPS) is 13.7. The van der Waals surface area contributed by atoms with E-state index in [0.29, 0.717) is 13.1 Å². The van der Waals surface area contributed by atoms with E-state index in [1.165, 1.54) is 17.1 Å². The van der Waals surface area contributed by atoms with Crippen LogP contribution in [0.2, 0.25) is 0 Å². The van der Waals surface area contributed by atoms with Crippen molar-refractivity contribution in [1.82, 2.24) is 10.2 Å². The number of unbranched alkanes of at least 4 members (excludes halogenated alkanes) is 2. The quantitative estimate of drug-likeness (QED) is 0.553. The molecule has 6 heteroatoms. The predicted molar refractivity (Wildman–Crippen MR) is 94.5 cm³/mol. The van der Waals surface area contributed by atoms with Gasteiger partial charge in [0.15, 0.2) is 0 Å². The molecule has 0 atom stereocenters. The van der Waals surface area contributed by atoms with Crippen molar-refractivity contribution in [1.29, 1.82) is 0 Å². The summed E-state index contributed by atoms with van der Waals surface area (Å²) < 4.78 is 5.04. The summed E-state index contributed by atoms with van der Waals surface area (Å²) in [6.07, 6.45) is 8.08. The number of imide groups is 1. The van der Waals surface area contributed by atoms with Crippen LogP contribution in [0.4, 0.5) is 4.79 Å². The number of rotatable bonds is 9. The summed E-state index contributed by atoms with van der Waals surface area (Å²) in [4.78, 5) is 35.4. The second-order valence-corrected chi connectivity index (χ2v) is 5.56. The molecule has 132 valence electrons. The van der Waals surface area contributed by atoms with Gasteiger partial charge in [-0.25, -0.2) is 4.79 Å². The van der Waals surface area contributed by atoms with Crippen LogP contribution in [0.5, 0.6) is 0 Å². The maximum atomic E-state index is 11.5. The molecule has 0 fully saturated rings. The van der Waals surface area contributed by atoms with Crippen molar-refractivity contribution in [2.24, 2.45) is 0 Å². The third-order valence-corrected chi connectivity index (χ3v) is 3.65. The van der Waals surface area contributed by atoms with Crippen molar-refractivity contribution in [3.8, 4) is 0 Å². The molecule has 0 aliphatic carbocycles. The summed E-state index contributed by atoms with van der Waals surface area (Å²) >= 11 is 0. The maximum Gasteiger partial charge on any atom is 0.407 e. The number of nitrogens with zero attached hydrogens (tertiary/aromatic N) is 1. The molecule has 1 aromatic carbocycles. The third-order valence-electron chi connectivity index (χ3n) is 3.65. The Morgan fingerprint density at radius 1 is 1.04 bits per heavy atom. The van der Waals surface area contributed by atoms with Crippen LogP contribution in [-0.4, -0.2) is 42.5 Å². The lowest BCUT2D eigenvalue weighted by atomic mass is 10.2. The van der Waals surface area contributed by atoms with Crippen LogP contribution in [-0.2, 0) is 14.3 Å². The lowest BCUT2D eigenvalue weighted by Gasteiger charge is -2.13. The van der Waals surface area contributed by atoms with Gasteiger partial charge < -0.3 is 10.1 Å². The topological polar surface area (TPSA) is 75.7 Å². The fraction of sp³-hybridized carbons (Fsp3) is 0.316. The van der Waals surface area contributed by atoms with Gasteiger partial charge in [-0.05, 0) is 30.9 Å². The number of carbonyl (C=O) groups is 3. The molecular formula is C19H22N2O4. The lowest BCUT2D eigenvalue weighted by Crippen LogP contribution is -2.31. The number of hydrogen-bond donors (Lipinski definition) is 1. The zero-order valence-corrected chi connectivity index (χ0v) is 14.0. The Morgan fingerprint density at radius 2 is 1.76 bits per heavy atom. The second-order valence-electron chi connectivity index (χ2n) is 5.56. The fourth-order valence-electron chi connectivity index (χ4n) is 2.34. The Hall–Kier alpha value is -2.89. The number of ether oxygens (including phenoxy) is 1. The summed E-state index contributed by atoms with van der Waals surface area (Å²) in [5.74, 6) is -0.509. The van der Waals surface area contributed by atoms with Crippen molar-refractivity contribution in [3.05, 3.63) is 54.1 Å². The second kappa shape index (κ2) is 10.1. The van der Waals surface area contributed by atoms with Gasteiger partial charge in [0.05, 0.1) is 0 Å². The fourth-order valence-corrected chi connectivity index (χ4v) is 2.34. The molecule has 25 heavy (non-hydrogen) atoms. The molecule has 0 saturated carbocycles. The third kappa shape index (κ3) is 6.63. The molecule has 0 spiro atoms. The summed E-state index contributed by atoms with van der Waals surface area (Å²) in [7, 11) is 0. The Morgan fingerprint density at radius 3 is 2.48 bits per heavy atom. The van der Waals surface area contributed by atoms with E-state index in [-0.39, 0.29) is 18.4 Å². The monoisotopic (exact) mass is 342 g/mol. The van der Waals surface area contributed by atoms with Gasteiger partial charge in [-0.3, -0.25) is 14.5 Å². The number of benzene rings is 1. The van der Waals surface area contributed by atoms with Crippen molar-refractivity contribution >= 4 is 24.0 Å². The first-order chi connectivity index (χ1) is 12.2. The molecule has 2 rings (SSSR count). The van der Waals surface area contributed by atoms with Crippen molar-refractivity contribution in [2.75, 3.05) is 19.7 Å². The van der Waals surface area contributed by atoms with Gasteiger partial charge in [-0.2, -0.15) is 0 Å². The van der Waals surface area contributed by atoms with E-state index in [2.05, 4.69) is 5.32 Å². The molecule has 3 amide bonds. The molecule has 1 aliphatic rings. The minimum absolute atomic E-state index is 0.215. The van der Waals surface area contributed by atoms with Gasteiger partial charge in [0, 0.05) is 25.2 Å². The van der Waals surface area contributed by atoms with Crippen molar-refractivity contribution in [3.63, 3.8) is 0 Å². The molecule has 0 saturated heterocycles. The largest absolute Gasteiger partial charge is 0.445 e. The van der Waals surface area contributed by atoms with E-state index in [0.717, 1.165) is 24.8 Å². The van der Waals surface area contributed by atoms with Crippen molar-refractivity contribution < 1.29 is 19.1 Å². The van der Waals surface area contributed by atoms with E-state index in [1.807, 2.05) is 36.4 Å². The van der Waals surface area contributed by atoms with Crippen LogP contribution < -0.4 is 5.32 Å². The number of amides is 3. The summed E-state index contributed by atoms with van der Waals surface area (Å²) in [5.41, 5.74) is 1.05. The molecule has 1 aliphatic heterocycles. The number of nitrogens with one attached hydrogen (secondary N) is 1. The Bertz CT molecular complexity index is 635. The first-order valence-corrected chi connectivity index (χ1v) is 8.32. The SMILES string of the molecule is O=C(NCCCCCN1C(=O)C=CC1=O)OCC=Cc1ccccc1. The van der Waals surface area contributed by atoms with E-state index in [1.54, 1.807) is 6.08 Å². The average Bonchev–Trinajstić information content (AvgIpc) is 2.94. The van der Waals surface area contributed by atoms with E-state index in [4.69, 9.17) is 4.74 Å². The molecule has 1 N–H and O–H groups in total. The predicted octanol–water partition coefficient (Wildman–Crippen LogP) is 2.52. The zero-order chi connectivity index (χ0) is 17.9. The van der Waals surface area contributed by atoms with E-state index >= 15 is 0 Å². The van der Waals surface area contributed by atoms with Gasteiger partial charge in [0.2, 0.25) is 0 Å². The van der Waals surface area contributed by atoms with E-state index in [9.17, 15) is 14.4 Å². The van der Waals surface area contributed by atoms with E-state index < -0.39 is 6.09 Å². The van der Waals surface area contributed by atoms with Gasteiger partial charge in [-0.15, -0.1) is 0 Å². The van der Waals surface area contributed by atoms with Gasteiger partial charge in [0.1, 0.15) is 6.61 Å². The maximum absolute atomic E-state index is 11.5. The van der Waals surface area contributed by atoms with Crippen LogP contribution in [0.25, 0.3) is 6.08 Å². The highest BCUT2D eigenvalue weighted by Crippen LogP contribution is 2.06. The van der Waals surface area contributed by atoms with Crippen LogP contribution in [0.1, 0.15) is 24.8 Å². The Labute approximate surface area is 147 Å². The molecular weight excluding hydrogens is 320 g/mol. The first kappa shape index (κ1) is 18.4. The lowest BCUT2D eigenvalue weighted by molar-refractivity contribution is -0.136. The molecule has 1 heterocycles. The minimum Gasteiger partial charge on any atom is -0.445 e. The Kier molecular flexibility index (Phi) is 7.43. The molecule has 1 aromatic rings. The standard InChI is InChI=1S/C19H22N2O4/c22-17-11-12-18(23)21(17)14-6-2-5-13-20-19(24)25-15-7-10-16-8-3-1-4-9-16/h1,3-4,7-12H,2,5-6,13-15H2,(H,20,24). The zero-order valence-electron chi connectivity index (χ0n) is 14.0. The smallest absolute Gasteiger partial charge is 0.407 e. The number of hydrogen-bond acceptors (Lipinski definition) is 4. The highest BCUT2D eigenvalue weighted by molar-refractivity contribution is 6.12. The number of carbonyl (C=O) groups excluding carboxylic acids is 3. The van der Waals surface area contributed by atoms with Gasteiger partial charge >= 0.3 is 6.09 Å². The highest BCUT2D eigenvalue weighted by Gasteiger charge is 2.22. The Balaban J connectivity index is 1.48. The minimum atomic E-state index is -0.452.